The van der Waals surface area contributed by atoms with Crippen molar-refractivity contribution in [3.8, 4) is 27.9 Å². The first-order valence-electron chi connectivity index (χ1n) is 16.4. The molecule has 1 aromatic heterocycles. The van der Waals surface area contributed by atoms with Crippen LogP contribution in [0, 0.1) is 0 Å². The summed E-state index contributed by atoms with van der Waals surface area (Å²) in [5, 5.41) is 4.97. The van der Waals surface area contributed by atoms with Gasteiger partial charge in [-0.1, -0.05) is 128 Å². The van der Waals surface area contributed by atoms with Crippen LogP contribution in [0.5, 0.6) is 0 Å². The van der Waals surface area contributed by atoms with E-state index in [0.29, 0.717) is 0 Å². The van der Waals surface area contributed by atoms with Crippen LogP contribution in [0.2, 0.25) is 0 Å². The summed E-state index contributed by atoms with van der Waals surface area (Å²) in [4.78, 5) is 2.25. The molecule has 2 nitrogen and oxygen atoms in total. The van der Waals surface area contributed by atoms with Crippen molar-refractivity contribution in [3.05, 3.63) is 194 Å². The molecule has 1 aliphatic rings. The van der Waals surface area contributed by atoms with E-state index in [1.807, 2.05) is 0 Å². The molecule has 0 radical (unpaired) electrons. The minimum Gasteiger partial charge on any atom is -0.317 e. The fourth-order valence-electron chi connectivity index (χ4n) is 7.15. The van der Waals surface area contributed by atoms with Gasteiger partial charge in [0.2, 0.25) is 0 Å². The van der Waals surface area contributed by atoms with Gasteiger partial charge in [0.1, 0.15) is 0 Å². The Balaban J connectivity index is 1.15. The van der Waals surface area contributed by atoms with Crippen molar-refractivity contribution in [2.24, 2.45) is 0 Å². The summed E-state index contributed by atoms with van der Waals surface area (Å²) in [5.41, 5.74) is 12.7. The molecule has 0 fully saturated rings. The minimum absolute atomic E-state index is 0.982. The Morgan fingerprint density at radius 1 is 0.438 bits per heavy atom. The Morgan fingerprint density at radius 3 is 1.98 bits per heavy atom. The Morgan fingerprint density at radius 2 is 1.10 bits per heavy atom. The summed E-state index contributed by atoms with van der Waals surface area (Å²) in [6.45, 7) is 4.48. The Bertz CT molecular complexity index is 2560. The third-order valence-corrected chi connectivity index (χ3v) is 9.51. The number of fused-ring (bicyclic) bond motifs is 5. The lowest BCUT2D eigenvalue weighted by Gasteiger charge is -2.26. The Hall–Kier alpha value is -6.38. The SMILES string of the molecule is C=C1/C=C\C=C/N(c2ccc(-c3ccccc3)cc2)c2ccc(-c3ccc4c(c3)c3ccccc3n4-c3cccc4ccccc34)cc21. The summed E-state index contributed by atoms with van der Waals surface area (Å²) in [6, 6.07) is 56.9. The standard InChI is InChI=1S/C46H32N2/c1-32-12-9-10-29-47(38-25-21-34(22-26-38)33-13-3-2-4-14-33)43-27-23-36(30-41(32)43)37-24-28-46-42(31-37)40-18-7-8-19-45(40)48(46)44-20-11-16-35-15-5-6-17-39(35)44/h2-31H,1H2/b12-9-,29-10-. The molecule has 8 aromatic rings. The number of rotatable bonds is 4. The topological polar surface area (TPSA) is 8.17 Å². The highest BCUT2D eigenvalue weighted by atomic mass is 15.1. The molecule has 226 valence electrons. The zero-order valence-corrected chi connectivity index (χ0v) is 26.4. The molecule has 2 heteroatoms. The number of anilines is 2. The molecule has 1 aliphatic heterocycles. The van der Waals surface area contributed by atoms with E-state index >= 15 is 0 Å². The molecule has 0 aliphatic carbocycles. The number of benzene rings is 7. The number of hydrogen-bond donors (Lipinski definition) is 0. The van der Waals surface area contributed by atoms with E-state index in [2.05, 4.69) is 198 Å². The van der Waals surface area contributed by atoms with Crippen LogP contribution < -0.4 is 4.90 Å². The number of aromatic nitrogens is 1. The maximum atomic E-state index is 4.48. The predicted octanol–water partition coefficient (Wildman–Crippen LogP) is 12.5. The molecule has 2 heterocycles. The molecule has 7 aromatic carbocycles. The number of nitrogens with zero attached hydrogens (tertiary/aromatic N) is 2. The van der Waals surface area contributed by atoms with E-state index in [1.54, 1.807) is 0 Å². The van der Waals surface area contributed by atoms with Gasteiger partial charge in [-0.2, -0.15) is 0 Å². The van der Waals surface area contributed by atoms with Crippen LogP contribution in [-0.2, 0) is 0 Å². The minimum atomic E-state index is 0.982. The molecule has 0 N–H and O–H groups in total. The van der Waals surface area contributed by atoms with Gasteiger partial charge in [-0.15, -0.1) is 0 Å². The first-order valence-corrected chi connectivity index (χ1v) is 16.4. The molecule has 0 saturated heterocycles. The van der Waals surface area contributed by atoms with Crippen molar-refractivity contribution in [2.45, 2.75) is 0 Å². The van der Waals surface area contributed by atoms with Gasteiger partial charge >= 0.3 is 0 Å². The molecule has 0 spiro atoms. The molecular formula is C46H32N2. The van der Waals surface area contributed by atoms with Crippen LogP contribution in [-0.4, -0.2) is 4.57 Å². The van der Waals surface area contributed by atoms with E-state index in [-0.39, 0.29) is 0 Å². The van der Waals surface area contributed by atoms with E-state index < -0.39 is 0 Å². The quantitative estimate of drug-likeness (QED) is 0.192. The van der Waals surface area contributed by atoms with Crippen LogP contribution in [0.25, 0.3) is 66.1 Å². The fourth-order valence-corrected chi connectivity index (χ4v) is 7.15. The second-order valence-corrected chi connectivity index (χ2v) is 12.3. The van der Waals surface area contributed by atoms with Crippen molar-refractivity contribution < 1.29 is 0 Å². The molecule has 48 heavy (non-hydrogen) atoms. The van der Waals surface area contributed by atoms with E-state index in [1.165, 1.54) is 55.0 Å². The second-order valence-electron chi connectivity index (χ2n) is 12.3. The monoisotopic (exact) mass is 612 g/mol. The summed E-state index contributed by atoms with van der Waals surface area (Å²) >= 11 is 0. The number of para-hydroxylation sites is 1. The molecule has 0 bridgehead atoms. The predicted molar refractivity (Wildman–Crippen MR) is 205 cm³/mol. The third-order valence-electron chi connectivity index (χ3n) is 9.51. The van der Waals surface area contributed by atoms with Crippen LogP contribution in [0.1, 0.15) is 5.56 Å². The summed E-state index contributed by atoms with van der Waals surface area (Å²) < 4.78 is 2.41. The van der Waals surface area contributed by atoms with Crippen LogP contribution in [0.4, 0.5) is 11.4 Å². The highest BCUT2D eigenvalue weighted by Crippen LogP contribution is 2.40. The molecule has 0 atom stereocenters. The second kappa shape index (κ2) is 11.5. The lowest BCUT2D eigenvalue weighted by atomic mass is 9.95. The van der Waals surface area contributed by atoms with E-state index in [0.717, 1.165) is 28.1 Å². The summed E-state index contributed by atoms with van der Waals surface area (Å²) in [7, 11) is 0. The van der Waals surface area contributed by atoms with Gasteiger partial charge in [-0.25, -0.2) is 0 Å². The average molecular weight is 613 g/mol. The zero-order chi connectivity index (χ0) is 32.0. The molecule has 9 rings (SSSR count). The van der Waals surface area contributed by atoms with Crippen LogP contribution in [0.15, 0.2) is 189 Å². The first-order chi connectivity index (χ1) is 23.7. The van der Waals surface area contributed by atoms with Crippen molar-refractivity contribution in [2.75, 3.05) is 4.90 Å². The molecule has 0 saturated carbocycles. The Kier molecular flexibility index (Phi) is 6.65. The van der Waals surface area contributed by atoms with Crippen molar-refractivity contribution in [1.29, 1.82) is 0 Å². The third kappa shape index (κ3) is 4.66. The fraction of sp³-hybridized carbons (Fsp3) is 0. The Labute approximate surface area is 280 Å². The van der Waals surface area contributed by atoms with Gasteiger partial charge in [0.05, 0.1) is 22.4 Å². The smallest absolute Gasteiger partial charge is 0.0541 e. The maximum Gasteiger partial charge on any atom is 0.0541 e. The van der Waals surface area contributed by atoms with E-state index in [9.17, 15) is 0 Å². The van der Waals surface area contributed by atoms with E-state index in [4.69, 9.17) is 0 Å². The van der Waals surface area contributed by atoms with Gasteiger partial charge in [-0.3, -0.25) is 0 Å². The average Bonchev–Trinajstić information content (AvgIpc) is 3.47. The van der Waals surface area contributed by atoms with Crippen LogP contribution >= 0.6 is 0 Å². The summed E-state index contributed by atoms with van der Waals surface area (Å²) in [5.74, 6) is 0. The largest absolute Gasteiger partial charge is 0.317 e. The summed E-state index contributed by atoms with van der Waals surface area (Å²) in [6.07, 6.45) is 8.37. The van der Waals surface area contributed by atoms with Gasteiger partial charge in [0.15, 0.2) is 0 Å². The van der Waals surface area contributed by atoms with Gasteiger partial charge in [0.25, 0.3) is 0 Å². The highest BCUT2D eigenvalue weighted by Gasteiger charge is 2.18. The van der Waals surface area contributed by atoms with Crippen molar-refractivity contribution >= 4 is 49.5 Å². The molecular weight excluding hydrogens is 581 g/mol. The van der Waals surface area contributed by atoms with Gasteiger partial charge < -0.3 is 9.47 Å². The molecule has 0 unspecified atom stereocenters. The lowest BCUT2D eigenvalue weighted by Crippen LogP contribution is -2.11. The zero-order valence-electron chi connectivity index (χ0n) is 26.4. The molecule has 0 amide bonds. The van der Waals surface area contributed by atoms with Crippen molar-refractivity contribution in [1.82, 2.24) is 4.57 Å². The normalized spacial score (nSPS) is 14.2. The first kappa shape index (κ1) is 27.9. The lowest BCUT2D eigenvalue weighted by molar-refractivity contribution is 1.20. The maximum absolute atomic E-state index is 4.48. The van der Waals surface area contributed by atoms with Gasteiger partial charge in [-0.05, 0) is 87.8 Å². The van der Waals surface area contributed by atoms with Gasteiger partial charge in [0, 0.05) is 33.6 Å². The number of allylic oxidation sites excluding steroid dienone is 4. The van der Waals surface area contributed by atoms with Crippen molar-refractivity contribution in [3.63, 3.8) is 0 Å². The number of hydrogen-bond acceptors (Lipinski definition) is 1. The highest BCUT2D eigenvalue weighted by molar-refractivity contribution is 6.11. The van der Waals surface area contributed by atoms with Crippen LogP contribution in [0.3, 0.4) is 0 Å².